The number of methoxy groups -OCH3 is 1. The van der Waals surface area contributed by atoms with Crippen molar-refractivity contribution in [2.75, 3.05) is 13.7 Å². The van der Waals surface area contributed by atoms with Gasteiger partial charge in [-0.05, 0) is 47.2 Å². The molecular formula is C25H25N3O3S. The highest BCUT2D eigenvalue weighted by Crippen LogP contribution is 2.20. The standard InChI is InChI=1S/C25H25N3O3S/c1-31-19-10-8-17(9-11-19)12-13-26-24(29)22(28-25(30)23-7-4-14-32-23)15-18-16-27-21-6-3-2-5-20(18)21/h2-11,14,16,22,27H,12-13,15H2,1H3,(H,26,29)(H,28,30)/t22-/m0/s1. The van der Waals surface area contributed by atoms with Crippen molar-refractivity contribution in [2.45, 2.75) is 18.9 Å². The lowest BCUT2D eigenvalue weighted by molar-refractivity contribution is -0.122. The van der Waals surface area contributed by atoms with Gasteiger partial charge in [0.2, 0.25) is 5.91 Å². The van der Waals surface area contributed by atoms with Crippen LogP contribution in [0.15, 0.2) is 72.2 Å². The monoisotopic (exact) mass is 447 g/mol. The number of fused-ring (bicyclic) bond motifs is 1. The van der Waals surface area contributed by atoms with Gasteiger partial charge in [-0.15, -0.1) is 11.3 Å². The molecule has 2 aromatic carbocycles. The molecule has 0 aliphatic carbocycles. The van der Waals surface area contributed by atoms with E-state index in [0.29, 0.717) is 24.3 Å². The van der Waals surface area contributed by atoms with Gasteiger partial charge in [0.1, 0.15) is 11.8 Å². The van der Waals surface area contributed by atoms with Crippen LogP contribution in [0.1, 0.15) is 20.8 Å². The Morgan fingerprint density at radius 2 is 1.88 bits per heavy atom. The molecule has 2 heterocycles. The van der Waals surface area contributed by atoms with Crippen molar-refractivity contribution < 1.29 is 14.3 Å². The predicted octanol–water partition coefficient (Wildman–Crippen LogP) is 3.94. The molecule has 0 radical (unpaired) electrons. The minimum atomic E-state index is -0.681. The van der Waals surface area contributed by atoms with Crippen LogP contribution in [0.4, 0.5) is 0 Å². The van der Waals surface area contributed by atoms with Crippen LogP contribution in [0.5, 0.6) is 5.75 Å². The normalized spacial score (nSPS) is 11.8. The SMILES string of the molecule is COc1ccc(CCNC(=O)[C@H](Cc2c[nH]c3ccccc23)NC(=O)c2cccs2)cc1. The Morgan fingerprint density at radius 3 is 2.62 bits per heavy atom. The Labute approximate surface area is 190 Å². The van der Waals surface area contributed by atoms with E-state index in [0.717, 1.165) is 27.8 Å². The van der Waals surface area contributed by atoms with Gasteiger partial charge in [-0.2, -0.15) is 0 Å². The van der Waals surface area contributed by atoms with E-state index < -0.39 is 6.04 Å². The van der Waals surface area contributed by atoms with Gasteiger partial charge in [0.25, 0.3) is 5.91 Å². The number of carbonyl (C=O) groups excluding carboxylic acids is 2. The Kier molecular flexibility index (Phi) is 6.87. The summed E-state index contributed by atoms with van der Waals surface area (Å²) >= 11 is 1.35. The zero-order valence-electron chi connectivity index (χ0n) is 17.8. The molecule has 7 heteroatoms. The second kappa shape index (κ2) is 10.2. The van der Waals surface area contributed by atoms with Gasteiger partial charge in [-0.1, -0.05) is 36.4 Å². The first-order valence-corrected chi connectivity index (χ1v) is 11.3. The molecule has 32 heavy (non-hydrogen) atoms. The molecule has 6 nitrogen and oxygen atoms in total. The zero-order chi connectivity index (χ0) is 22.3. The highest BCUT2D eigenvalue weighted by atomic mass is 32.1. The fraction of sp³-hybridized carbons (Fsp3) is 0.200. The number of carbonyl (C=O) groups is 2. The van der Waals surface area contributed by atoms with E-state index in [9.17, 15) is 9.59 Å². The van der Waals surface area contributed by atoms with Crippen molar-refractivity contribution in [2.24, 2.45) is 0 Å². The van der Waals surface area contributed by atoms with Crippen molar-refractivity contribution in [3.8, 4) is 5.75 Å². The van der Waals surface area contributed by atoms with E-state index in [-0.39, 0.29) is 11.8 Å². The minimum Gasteiger partial charge on any atom is -0.497 e. The molecule has 0 bridgehead atoms. The highest BCUT2D eigenvalue weighted by molar-refractivity contribution is 7.12. The number of para-hydroxylation sites is 1. The highest BCUT2D eigenvalue weighted by Gasteiger charge is 2.23. The first-order chi connectivity index (χ1) is 15.6. The van der Waals surface area contributed by atoms with E-state index in [1.807, 2.05) is 66.2 Å². The molecule has 0 saturated heterocycles. The average molecular weight is 448 g/mol. The van der Waals surface area contributed by atoms with Gasteiger partial charge < -0.3 is 20.4 Å². The van der Waals surface area contributed by atoms with Crippen molar-refractivity contribution >= 4 is 34.1 Å². The van der Waals surface area contributed by atoms with Gasteiger partial charge in [0.05, 0.1) is 12.0 Å². The molecule has 0 aliphatic rings. The molecule has 3 N–H and O–H groups in total. The number of ether oxygens (including phenoxy) is 1. The van der Waals surface area contributed by atoms with Crippen LogP contribution in [0.25, 0.3) is 10.9 Å². The number of aromatic amines is 1. The maximum absolute atomic E-state index is 13.0. The van der Waals surface area contributed by atoms with Gasteiger partial charge in [-0.25, -0.2) is 0 Å². The topological polar surface area (TPSA) is 83.2 Å². The lowest BCUT2D eigenvalue weighted by Crippen LogP contribution is -2.48. The number of nitrogens with one attached hydrogen (secondary N) is 3. The van der Waals surface area contributed by atoms with Gasteiger partial charge in [-0.3, -0.25) is 9.59 Å². The Hall–Kier alpha value is -3.58. The molecule has 4 rings (SSSR count). The number of benzene rings is 2. The van der Waals surface area contributed by atoms with E-state index in [2.05, 4.69) is 15.6 Å². The van der Waals surface area contributed by atoms with Crippen LogP contribution in [-0.2, 0) is 17.6 Å². The second-order valence-electron chi connectivity index (χ2n) is 7.46. The van der Waals surface area contributed by atoms with Crippen molar-refractivity contribution in [3.05, 3.63) is 88.2 Å². The van der Waals surface area contributed by atoms with E-state index in [4.69, 9.17) is 4.74 Å². The molecular weight excluding hydrogens is 422 g/mol. The number of hydrogen-bond donors (Lipinski definition) is 3. The largest absolute Gasteiger partial charge is 0.497 e. The summed E-state index contributed by atoms with van der Waals surface area (Å²) in [5.41, 5.74) is 3.09. The number of hydrogen-bond acceptors (Lipinski definition) is 4. The fourth-order valence-electron chi connectivity index (χ4n) is 3.61. The maximum atomic E-state index is 13.0. The summed E-state index contributed by atoms with van der Waals surface area (Å²) in [6.07, 6.45) is 2.99. The van der Waals surface area contributed by atoms with Crippen LogP contribution in [-0.4, -0.2) is 36.5 Å². The van der Waals surface area contributed by atoms with E-state index >= 15 is 0 Å². The summed E-state index contributed by atoms with van der Waals surface area (Å²) in [4.78, 5) is 29.5. The van der Waals surface area contributed by atoms with Gasteiger partial charge in [0.15, 0.2) is 0 Å². The smallest absolute Gasteiger partial charge is 0.262 e. The number of amides is 2. The third-order valence-corrected chi connectivity index (χ3v) is 6.21. The van der Waals surface area contributed by atoms with Crippen LogP contribution in [0, 0.1) is 0 Å². The molecule has 164 valence electrons. The van der Waals surface area contributed by atoms with Crippen LogP contribution < -0.4 is 15.4 Å². The van der Waals surface area contributed by atoms with Crippen LogP contribution in [0.3, 0.4) is 0 Å². The van der Waals surface area contributed by atoms with E-state index in [1.165, 1.54) is 11.3 Å². The molecule has 2 aromatic heterocycles. The first-order valence-electron chi connectivity index (χ1n) is 10.4. The quantitative estimate of drug-likeness (QED) is 0.363. The molecule has 2 amide bonds. The lowest BCUT2D eigenvalue weighted by Gasteiger charge is -2.18. The third-order valence-electron chi connectivity index (χ3n) is 5.34. The fourth-order valence-corrected chi connectivity index (χ4v) is 4.24. The lowest BCUT2D eigenvalue weighted by atomic mass is 10.0. The predicted molar refractivity (Wildman–Crippen MR) is 127 cm³/mol. The molecule has 0 spiro atoms. The second-order valence-corrected chi connectivity index (χ2v) is 8.40. The minimum absolute atomic E-state index is 0.200. The van der Waals surface area contributed by atoms with Crippen molar-refractivity contribution in [3.63, 3.8) is 0 Å². The summed E-state index contributed by atoms with van der Waals surface area (Å²) in [5, 5.41) is 8.79. The first kappa shape index (κ1) is 21.6. The van der Waals surface area contributed by atoms with E-state index in [1.54, 1.807) is 13.2 Å². The summed E-state index contributed by atoms with van der Waals surface area (Å²) < 4.78 is 5.18. The Balaban J connectivity index is 1.44. The number of H-pyrrole nitrogens is 1. The molecule has 0 fully saturated rings. The molecule has 0 unspecified atom stereocenters. The van der Waals surface area contributed by atoms with Crippen molar-refractivity contribution in [1.82, 2.24) is 15.6 Å². The van der Waals surface area contributed by atoms with Crippen molar-refractivity contribution in [1.29, 1.82) is 0 Å². The molecule has 0 saturated carbocycles. The molecule has 0 aliphatic heterocycles. The maximum Gasteiger partial charge on any atom is 0.262 e. The van der Waals surface area contributed by atoms with Gasteiger partial charge >= 0.3 is 0 Å². The number of rotatable bonds is 9. The average Bonchev–Trinajstić information content (AvgIpc) is 3.50. The number of thiophene rings is 1. The Morgan fingerprint density at radius 1 is 1.06 bits per heavy atom. The summed E-state index contributed by atoms with van der Waals surface area (Å²) in [6.45, 7) is 0.477. The van der Waals surface area contributed by atoms with Gasteiger partial charge in [0, 0.05) is 30.1 Å². The summed E-state index contributed by atoms with van der Waals surface area (Å²) in [7, 11) is 1.63. The van der Waals surface area contributed by atoms with Crippen LogP contribution >= 0.6 is 11.3 Å². The van der Waals surface area contributed by atoms with Crippen LogP contribution in [0.2, 0.25) is 0 Å². The summed E-state index contributed by atoms with van der Waals surface area (Å²) in [5.74, 6) is 0.358. The third kappa shape index (κ3) is 5.18. The Bertz CT molecular complexity index is 1180. The molecule has 4 aromatic rings. The summed E-state index contributed by atoms with van der Waals surface area (Å²) in [6, 6.07) is 18.6. The number of aromatic nitrogens is 1. The molecule has 1 atom stereocenters. The zero-order valence-corrected chi connectivity index (χ0v) is 18.6.